The van der Waals surface area contributed by atoms with Crippen molar-refractivity contribution in [3.05, 3.63) is 35.4 Å². The van der Waals surface area contributed by atoms with Crippen LogP contribution in [0, 0.1) is 12.3 Å². The fourth-order valence-corrected chi connectivity index (χ4v) is 2.89. The third kappa shape index (κ3) is 2.92. The van der Waals surface area contributed by atoms with Gasteiger partial charge in [-0.2, -0.15) is 0 Å². The summed E-state index contributed by atoms with van der Waals surface area (Å²) < 4.78 is 5.19. The zero-order valence-electron chi connectivity index (χ0n) is 12.3. The number of Topliss-reactive ketones (excluding diaryl/α,β-unsaturated/α-hetero) is 1. The summed E-state index contributed by atoms with van der Waals surface area (Å²) in [6.07, 6.45) is 3.36. The van der Waals surface area contributed by atoms with E-state index in [0.29, 0.717) is 25.9 Å². The summed E-state index contributed by atoms with van der Waals surface area (Å²) in [4.78, 5) is 24.8. The largest absolute Gasteiger partial charge is 0.465 e. The van der Waals surface area contributed by atoms with Gasteiger partial charge in [0.05, 0.1) is 6.61 Å². The Hall–Kier alpha value is -1.64. The molecule has 0 amide bonds. The van der Waals surface area contributed by atoms with E-state index in [9.17, 15) is 9.59 Å². The highest BCUT2D eigenvalue weighted by Gasteiger charge is 2.47. The Bertz CT molecular complexity index is 489. The number of rotatable bonds is 4. The van der Waals surface area contributed by atoms with Crippen molar-refractivity contribution in [3.63, 3.8) is 0 Å². The Morgan fingerprint density at radius 3 is 2.55 bits per heavy atom. The van der Waals surface area contributed by atoms with Gasteiger partial charge in [-0.05, 0) is 38.7 Å². The average molecular weight is 274 g/mol. The highest BCUT2D eigenvalue weighted by atomic mass is 16.5. The normalized spacial score (nSPS) is 22.6. The molecule has 1 fully saturated rings. The summed E-state index contributed by atoms with van der Waals surface area (Å²) in [5.74, 6) is -0.298. The molecule has 20 heavy (non-hydrogen) atoms. The minimum atomic E-state index is -0.955. The van der Waals surface area contributed by atoms with Gasteiger partial charge in [-0.1, -0.05) is 36.2 Å². The molecule has 0 spiro atoms. The minimum absolute atomic E-state index is 0.0442. The van der Waals surface area contributed by atoms with Gasteiger partial charge in [-0.15, -0.1) is 0 Å². The van der Waals surface area contributed by atoms with Crippen LogP contribution in [-0.2, 0) is 20.7 Å². The third-order valence-corrected chi connectivity index (χ3v) is 4.08. The van der Waals surface area contributed by atoms with Gasteiger partial charge in [-0.3, -0.25) is 9.59 Å². The molecule has 2 rings (SSSR count). The summed E-state index contributed by atoms with van der Waals surface area (Å²) in [6.45, 7) is 4.13. The van der Waals surface area contributed by atoms with Crippen molar-refractivity contribution in [1.82, 2.24) is 0 Å². The highest BCUT2D eigenvalue weighted by molar-refractivity contribution is 6.04. The van der Waals surface area contributed by atoms with E-state index in [2.05, 4.69) is 0 Å². The topological polar surface area (TPSA) is 43.4 Å². The van der Waals surface area contributed by atoms with Crippen LogP contribution in [0.1, 0.15) is 43.7 Å². The fourth-order valence-electron chi connectivity index (χ4n) is 2.89. The number of benzene rings is 1. The lowest BCUT2D eigenvalue weighted by Gasteiger charge is -2.33. The lowest BCUT2D eigenvalue weighted by molar-refractivity contribution is -0.162. The third-order valence-electron chi connectivity index (χ3n) is 4.08. The van der Waals surface area contributed by atoms with Gasteiger partial charge in [-0.25, -0.2) is 0 Å². The van der Waals surface area contributed by atoms with Crippen LogP contribution in [0.2, 0.25) is 0 Å². The lowest BCUT2D eigenvalue weighted by atomic mass is 9.69. The number of carbonyl (C=O) groups is 2. The predicted molar refractivity (Wildman–Crippen MR) is 77.4 cm³/mol. The Morgan fingerprint density at radius 1 is 1.25 bits per heavy atom. The molecule has 1 aromatic rings. The van der Waals surface area contributed by atoms with E-state index in [-0.39, 0.29) is 11.8 Å². The van der Waals surface area contributed by atoms with E-state index in [4.69, 9.17) is 4.74 Å². The number of carbonyl (C=O) groups excluding carboxylic acids is 2. The molecule has 1 aromatic carbocycles. The Labute approximate surface area is 120 Å². The minimum Gasteiger partial charge on any atom is -0.465 e. The van der Waals surface area contributed by atoms with Crippen molar-refractivity contribution >= 4 is 11.8 Å². The maximum Gasteiger partial charge on any atom is 0.319 e. The summed E-state index contributed by atoms with van der Waals surface area (Å²) in [6, 6.07) is 8.03. The van der Waals surface area contributed by atoms with Crippen LogP contribution in [0.15, 0.2) is 24.3 Å². The summed E-state index contributed by atoms with van der Waals surface area (Å²) in [7, 11) is 0. The van der Waals surface area contributed by atoms with Gasteiger partial charge in [0, 0.05) is 6.42 Å². The van der Waals surface area contributed by atoms with E-state index in [0.717, 1.165) is 18.4 Å². The summed E-state index contributed by atoms with van der Waals surface area (Å²) in [5, 5.41) is 0. The first-order valence-corrected chi connectivity index (χ1v) is 7.34. The molecular weight excluding hydrogens is 252 g/mol. The average Bonchev–Trinajstić information content (AvgIpc) is 2.44. The van der Waals surface area contributed by atoms with Crippen molar-refractivity contribution in [3.8, 4) is 0 Å². The van der Waals surface area contributed by atoms with Gasteiger partial charge in [0.2, 0.25) is 0 Å². The van der Waals surface area contributed by atoms with Crippen LogP contribution in [-0.4, -0.2) is 18.4 Å². The van der Waals surface area contributed by atoms with Crippen molar-refractivity contribution < 1.29 is 14.3 Å². The summed E-state index contributed by atoms with van der Waals surface area (Å²) in [5.41, 5.74) is 1.25. The smallest absolute Gasteiger partial charge is 0.319 e. The quantitative estimate of drug-likeness (QED) is 0.625. The van der Waals surface area contributed by atoms with Crippen LogP contribution in [0.25, 0.3) is 0 Å². The van der Waals surface area contributed by atoms with Gasteiger partial charge in [0.1, 0.15) is 5.41 Å². The van der Waals surface area contributed by atoms with Gasteiger partial charge < -0.3 is 4.74 Å². The van der Waals surface area contributed by atoms with Crippen LogP contribution in [0.3, 0.4) is 0 Å². The molecular formula is C17H22O3. The molecule has 0 radical (unpaired) electrons. The molecule has 1 unspecified atom stereocenters. The van der Waals surface area contributed by atoms with E-state index >= 15 is 0 Å². The predicted octanol–water partition coefficient (Wildman–Crippen LogP) is 3.23. The van der Waals surface area contributed by atoms with Crippen LogP contribution in [0.5, 0.6) is 0 Å². The number of hydrogen-bond donors (Lipinski definition) is 0. The number of hydrogen-bond acceptors (Lipinski definition) is 3. The molecule has 1 atom stereocenters. The molecule has 0 bridgehead atoms. The number of ketones is 1. The maximum atomic E-state index is 12.4. The number of esters is 1. The Balaban J connectivity index is 2.28. The van der Waals surface area contributed by atoms with Gasteiger partial charge in [0.15, 0.2) is 5.78 Å². The second kappa shape index (κ2) is 6.21. The summed E-state index contributed by atoms with van der Waals surface area (Å²) >= 11 is 0. The first-order valence-electron chi connectivity index (χ1n) is 7.34. The molecule has 0 saturated heterocycles. The molecule has 0 aromatic heterocycles. The second-order valence-electron chi connectivity index (χ2n) is 5.60. The van der Waals surface area contributed by atoms with E-state index in [1.54, 1.807) is 6.92 Å². The van der Waals surface area contributed by atoms with Crippen LogP contribution in [0.4, 0.5) is 0 Å². The number of aryl methyl sites for hydroxylation is 1. The molecule has 1 aliphatic carbocycles. The van der Waals surface area contributed by atoms with Gasteiger partial charge in [0.25, 0.3) is 0 Å². The molecule has 108 valence electrons. The fraction of sp³-hybridized carbons (Fsp3) is 0.529. The molecule has 3 heteroatoms. The first kappa shape index (κ1) is 14.8. The maximum absolute atomic E-state index is 12.4. The van der Waals surface area contributed by atoms with Crippen LogP contribution >= 0.6 is 0 Å². The number of ether oxygens (including phenoxy) is 1. The highest BCUT2D eigenvalue weighted by Crippen LogP contribution is 2.38. The monoisotopic (exact) mass is 274 g/mol. The second-order valence-corrected chi connectivity index (χ2v) is 5.60. The van der Waals surface area contributed by atoms with Gasteiger partial charge >= 0.3 is 5.97 Å². The van der Waals surface area contributed by atoms with Crippen molar-refractivity contribution in [2.24, 2.45) is 5.41 Å². The van der Waals surface area contributed by atoms with Crippen molar-refractivity contribution in [2.45, 2.75) is 46.0 Å². The Kier molecular flexibility index (Phi) is 4.58. The SMILES string of the molecule is CCOC(=O)C1(Cc2ccc(C)cc2)CCCCC1=O. The molecule has 1 aliphatic rings. The lowest BCUT2D eigenvalue weighted by Crippen LogP contribution is -2.44. The molecule has 0 aliphatic heterocycles. The molecule has 0 N–H and O–H groups in total. The van der Waals surface area contributed by atoms with Crippen molar-refractivity contribution in [1.29, 1.82) is 0 Å². The molecule has 3 nitrogen and oxygen atoms in total. The zero-order chi connectivity index (χ0) is 14.6. The zero-order valence-corrected chi connectivity index (χ0v) is 12.3. The Morgan fingerprint density at radius 2 is 1.95 bits per heavy atom. The van der Waals surface area contributed by atoms with E-state index in [1.807, 2.05) is 31.2 Å². The van der Waals surface area contributed by atoms with E-state index < -0.39 is 5.41 Å². The first-order chi connectivity index (χ1) is 9.58. The van der Waals surface area contributed by atoms with E-state index in [1.165, 1.54) is 5.56 Å². The molecule has 0 heterocycles. The van der Waals surface area contributed by atoms with Crippen LogP contribution < -0.4 is 0 Å². The standard InChI is InChI=1S/C17H22O3/c1-3-20-16(19)17(11-5-4-6-15(17)18)12-14-9-7-13(2)8-10-14/h7-10H,3-6,11-12H2,1-2H3. The molecule has 1 saturated carbocycles. The van der Waals surface area contributed by atoms with Crippen molar-refractivity contribution in [2.75, 3.05) is 6.61 Å².